The van der Waals surface area contributed by atoms with E-state index in [1.54, 1.807) is 0 Å². The van der Waals surface area contributed by atoms with E-state index in [1.807, 2.05) is 16.2 Å². The van der Waals surface area contributed by atoms with Crippen molar-refractivity contribution in [2.24, 2.45) is 5.10 Å². The van der Waals surface area contributed by atoms with Gasteiger partial charge < -0.3 is 9.80 Å². The van der Waals surface area contributed by atoms with Gasteiger partial charge in [0.05, 0.1) is 0 Å². The van der Waals surface area contributed by atoms with Gasteiger partial charge in [0.1, 0.15) is 12.2 Å². The Kier molecular flexibility index (Phi) is 5.47. The summed E-state index contributed by atoms with van der Waals surface area (Å²) in [6.07, 6.45) is 2.94. The molecule has 2 aliphatic rings. The highest BCUT2D eigenvalue weighted by molar-refractivity contribution is 5.85. The Morgan fingerprint density at radius 2 is 1.31 bits per heavy atom. The first kappa shape index (κ1) is 19.4. The highest BCUT2D eigenvalue weighted by Gasteiger charge is 2.23. The predicted molar refractivity (Wildman–Crippen MR) is 124 cm³/mol. The fraction of sp³-hybridized carbons (Fsp3) is 0.375. The third-order valence-corrected chi connectivity index (χ3v) is 5.81. The van der Waals surface area contributed by atoms with Gasteiger partial charge in [-0.05, 0) is 62.2 Å². The average molecular weight is 390 g/mol. The van der Waals surface area contributed by atoms with Gasteiger partial charge in [-0.3, -0.25) is 4.90 Å². The number of rotatable bonds is 5. The van der Waals surface area contributed by atoms with Crippen LogP contribution in [-0.4, -0.2) is 43.6 Å². The second kappa shape index (κ2) is 8.19. The summed E-state index contributed by atoms with van der Waals surface area (Å²) in [7, 11) is 0. The summed E-state index contributed by atoms with van der Waals surface area (Å²) in [6, 6.07) is 18.0. The molecule has 0 unspecified atom stereocenters. The fourth-order valence-electron chi connectivity index (χ4n) is 3.99. The number of piperazine rings is 1. The van der Waals surface area contributed by atoms with Crippen LogP contribution >= 0.6 is 0 Å². The quantitative estimate of drug-likeness (QED) is 0.751. The topological polar surface area (TPSA) is 25.3 Å². The standard InChI is InChI=1S/C24H31N5/c1-5-21-6-8-22(9-7-21)26-14-16-27(17-15-26)23-10-12-24(13-11-23)28-18-25-29(19(2)3)20(28)4/h6-13,18-19H,4-5,14-17H2,1-3H3. The number of anilines is 3. The highest BCUT2D eigenvalue weighted by atomic mass is 15.6. The lowest BCUT2D eigenvalue weighted by Crippen LogP contribution is -2.46. The minimum Gasteiger partial charge on any atom is -0.368 e. The van der Waals surface area contributed by atoms with Crippen molar-refractivity contribution in [3.8, 4) is 0 Å². The molecule has 0 N–H and O–H groups in total. The maximum Gasteiger partial charge on any atom is 0.128 e. The molecule has 5 nitrogen and oxygen atoms in total. The summed E-state index contributed by atoms with van der Waals surface area (Å²) in [6.45, 7) is 14.8. The van der Waals surface area contributed by atoms with Gasteiger partial charge in [-0.15, -0.1) is 0 Å². The van der Waals surface area contributed by atoms with Gasteiger partial charge >= 0.3 is 0 Å². The molecule has 0 atom stereocenters. The van der Waals surface area contributed by atoms with Crippen LogP contribution in [0.15, 0.2) is 66.0 Å². The second-order valence-electron chi connectivity index (χ2n) is 7.97. The van der Waals surface area contributed by atoms with Crippen molar-refractivity contribution in [2.75, 3.05) is 40.9 Å². The van der Waals surface area contributed by atoms with Crippen LogP contribution in [0.5, 0.6) is 0 Å². The first-order valence-electron chi connectivity index (χ1n) is 10.6. The van der Waals surface area contributed by atoms with Crippen molar-refractivity contribution in [2.45, 2.75) is 33.2 Å². The predicted octanol–water partition coefficient (Wildman–Crippen LogP) is 4.52. The summed E-state index contributed by atoms with van der Waals surface area (Å²) in [4.78, 5) is 6.99. The van der Waals surface area contributed by atoms with Crippen molar-refractivity contribution in [3.05, 3.63) is 66.5 Å². The van der Waals surface area contributed by atoms with E-state index in [9.17, 15) is 0 Å². The van der Waals surface area contributed by atoms with Crippen LogP contribution < -0.4 is 14.7 Å². The number of nitrogens with zero attached hydrogens (tertiary/aromatic N) is 5. The van der Waals surface area contributed by atoms with Crippen molar-refractivity contribution in [3.63, 3.8) is 0 Å². The molecule has 2 aromatic carbocycles. The Hall–Kier alpha value is -2.95. The maximum absolute atomic E-state index is 4.45. The van der Waals surface area contributed by atoms with Crippen LogP contribution in [0, 0.1) is 0 Å². The third-order valence-electron chi connectivity index (χ3n) is 5.81. The van der Waals surface area contributed by atoms with E-state index < -0.39 is 0 Å². The Morgan fingerprint density at radius 1 is 0.828 bits per heavy atom. The first-order chi connectivity index (χ1) is 14.1. The van der Waals surface area contributed by atoms with E-state index in [0.29, 0.717) is 6.04 Å². The second-order valence-corrected chi connectivity index (χ2v) is 7.97. The Labute approximate surface area is 174 Å². The van der Waals surface area contributed by atoms with Crippen molar-refractivity contribution >= 4 is 23.4 Å². The van der Waals surface area contributed by atoms with Gasteiger partial charge in [0.25, 0.3) is 0 Å². The van der Waals surface area contributed by atoms with Crippen LogP contribution in [0.3, 0.4) is 0 Å². The summed E-state index contributed by atoms with van der Waals surface area (Å²) < 4.78 is 0. The molecular formula is C24H31N5. The molecule has 0 saturated carbocycles. The molecule has 1 saturated heterocycles. The molecule has 1 fully saturated rings. The lowest BCUT2D eigenvalue weighted by Gasteiger charge is -2.37. The van der Waals surface area contributed by atoms with Crippen molar-refractivity contribution in [1.82, 2.24) is 5.01 Å². The summed E-state index contributed by atoms with van der Waals surface area (Å²) in [5.74, 6) is 0.899. The zero-order chi connectivity index (χ0) is 20.4. The van der Waals surface area contributed by atoms with Gasteiger partial charge in [-0.25, -0.2) is 5.01 Å². The van der Waals surface area contributed by atoms with Crippen LogP contribution in [0.25, 0.3) is 0 Å². The van der Waals surface area contributed by atoms with Crippen LogP contribution in [0.1, 0.15) is 26.3 Å². The van der Waals surface area contributed by atoms with Crippen LogP contribution in [0.4, 0.5) is 17.1 Å². The van der Waals surface area contributed by atoms with E-state index in [-0.39, 0.29) is 0 Å². The van der Waals surface area contributed by atoms with Crippen molar-refractivity contribution < 1.29 is 0 Å². The normalized spacial score (nSPS) is 17.0. The molecule has 2 aliphatic heterocycles. The van der Waals surface area contributed by atoms with E-state index in [2.05, 4.69) is 90.8 Å². The molecule has 152 valence electrons. The molecule has 29 heavy (non-hydrogen) atoms. The summed E-state index contributed by atoms with van der Waals surface area (Å²) in [5.41, 5.74) is 5.10. The molecule has 0 aliphatic carbocycles. The summed E-state index contributed by atoms with van der Waals surface area (Å²) in [5, 5.41) is 6.40. The Balaban J connectivity index is 1.37. The molecule has 0 spiro atoms. The molecule has 0 aromatic heterocycles. The minimum absolute atomic E-state index is 0.303. The summed E-state index contributed by atoms with van der Waals surface area (Å²) >= 11 is 0. The monoisotopic (exact) mass is 389 g/mol. The van der Waals surface area contributed by atoms with E-state index in [1.165, 1.54) is 16.9 Å². The number of hydrazone groups is 1. The highest BCUT2D eigenvalue weighted by Crippen LogP contribution is 2.28. The van der Waals surface area contributed by atoms with Crippen LogP contribution in [-0.2, 0) is 6.42 Å². The molecule has 2 aromatic rings. The Bertz CT molecular complexity index is 861. The first-order valence-corrected chi connectivity index (χ1v) is 10.6. The Morgan fingerprint density at radius 3 is 1.76 bits per heavy atom. The van der Waals surface area contributed by atoms with Gasteiger partial charge in [-0.2, -0.15) is 5.10 Å². The zero-order valence-corrected chi connectivity index (χ0v) is 17.8. The SMILES string of the molecule is C=C1N(c2ccc(N3CCN(c4ccc(CC)cc4)CC3)cc2)C=NN1C(C)C. The number of aryl methyl sites for hydroxylation is 1. The smallest absolute Gasteiger partial charge is 0.128 e. The van der Waals surface area contributed by atoms with Gasteiger partial charge in [0.15, 0.2) is 0 Å². The van der Waals surface area contributed by atoms with Gasteiger partial charge in [0, 0.05) is 49.3 Å². The molecular weight excluding hydrogens is 358 g/mol. The lowest BCUT2D eigenvalue weighted by molar-refractivity contribution is 0.312. The minimum atomic E-state index is 0.303. The maximum atomic E-state index is 4.45. The third kappa shape index (κ3) is 3.95. The number of hydrogen-bond acceptors (Lipinski definition) is 5. The largest absolute Gasteiger partial charge is 0.368 e. The van der Waals surface area contributed by atoms with Crippen molar-refractivity contribution in [1.29, 1.82) is 0 Å². The molecule has 5 heteroatoms. The molecule has 0 radical (unpaired) electrons. The number of hydrogen-bond donors (Lipinski definition) is 0. The number of benzene rings is 2. The molecule has 0 bridgehead atoms. The van der Waals surface area contributed by atoms with E-state index in [4.69, 9.17) is 0 Å². The van der Waals surface area contributed by atoms with E-state index in [0.717, 1.165) is 44.1 Å². The average Bonchev–Trinajstić information content (AvgIpc) is 3.16. The molecule has 2 heterocycles. The fourth-order valence-corrected chi connectivity index (χ4v) is 3.99. The molecule has 0 amide bonds. The van der Waals surface area contributed by atoms with Gasteiger partial charge in [0.2, 0.25) is 0 Å². The van der Waals surface area contributed by atoms with E-state index >= 15 is 0 Å². The zero-order valence-electron chi connectivity index (χ0n) is 17.8. The molecule has 4 rings (SSSR count). The van der Waals surface area contributed by atoms with Gasteiger partial charge in [-0.1, -0.05) is 25.6 Å². The van der Waals surface area contributed by atoms with Crippen LogP contribution in [0.2, 0.25) is 0 Å². The lowest BCUT2D eigenvalue weighted by atomic mass is 10.1.